The van der Waals surface area contributed by atoms with Crippen LogP contribution in [-0.4, -0.2) is 34.2 Å². The molecule has 0 saturated carbocycles. The number of nitrogens with zero attached hydrogens (tertiary/aromatic N) is 1. The van der Waals surface area contributed by atoms with Crippen molar-refractivity contribution in [3.63, 3.8) is 0 Å². The molecule has 3 N–H and O–H groups in total. The van der Waals surface area contributed by atoms with Gasteiger partial charge in [-0.15, -0.1) is 0 Å². The van der Waals surface area contributed by atoms with E-state index in [-0.39, 0.29) is 23.6 Å². The molecule has 1 atom stereocenters. The molecule has 2 aromatic carbocycles. The van der Waals surface area contributed by atoms with Crippen LogP contribution >= 0.6 is 0 Å². The molecule has 0 aromatic heterocycles. The highest BCUT2D eigenvalue weighted by Gasteiger charge is 2.26. The van der Waals surface area contributed by atoms with E-state index in [9.17, 15) is 15.0 Å². The van der Waals surface area contributed by atoms with Crippen molar-refractivity contribution < 1.29 is 15.0 Å². The third-order valence-corrected chi connectivity index (χ3v) is 5.68. The average molecular weight is 397 g/mol. The van der Waals surface area contributed by atoms with Gasteiger partial charge in [-0.1, -0.05) is 49.6 Å². The number of aryl methyl sites for hydroxylation is 2. The lowest BCUT2D eigenvalue weighted by molar-refractivity contribution is 0.164. The van der Waals surface area contributed by atoms with Gasteiger partial charge in [-0.3, -0.25) is 0 Å². The van der Waals surface area contributed by atoms with Gasteiger partial charge in [0.05, 0.1) is 11.6 Å². The first-order valence-corrected chi connectivity index (χ1v) is 10.6. The maximum absolute atomic E-state index is 12.4. The number of carbonyl (C=O) groups excluding carboxylic acids is 1. The van der Waals surface area contributed by atoms with Crippen LogP contribution in [-0.2, 0) is 6.42 Å². The van der Waals surface area contributed by atoms with Gasteiger partial charge in [0.25, 0.3) is 0 Å². The molecule has 1 unspecified atom stereocenters. The Morgan fingerprint density at radius 2 is 1.97 bits per heavy atom. The first-order chi connectivity index (χ1) is 13.9. The van der Waals surface area contributed by atoms with Crippen molar-refractivity contribution in [3.05, 3.63) is 47.0 Å². The number of benzene rings is 2. The van der Waals surface area contributed by atoms with Crippen LogP contribution in [0.25, 0.3) is 11.1 Å². The second-order valence-electron chi connectivity index (χ2n) is 8.03. The summed E-state index contributed by atoms with van der Waals surface area (Å²) in [5.74, 6) is 0.128. The van der Waals surface area contributed by atoms with Crippen LogP contribution in [0.1, 0.15) is 62.3 Å². The van der Waals surface area contributed by atoms with E-state index in [0.29, 0.717) is 11.1 Å². The van der Waals surface area contributed by atoms with Gasteiger partial charge in [0.2, 0.25) is 0 Å². The minimum Gasteiger partial charge on any atom is -0.507 e. The predicted molar refractivity (Wildman–Crippen MR) is 116 cm³/mol. The quantitative estimate of drug-likeness (QED) is 0.557. The molecule has 0 spiro atoms. The number of hydrogen-bond donors (Lipinski definition) is 3. The summed E-state index contributed by atoms with van der Waals surface area (Å²) in [7, 11) is 0. The summed E-state index contributed by atoms with van der Waals surface area (Å²) in [6.45, 7) is 7.57. The molecule has 2 aromatic rings. The Morgan fingerprint density at radius 1 is 1.21 bits per heavy atom. The van der Waals surface area contributed by atoms with Crippen LogP contribution in [0.15, 0.2) is 30.3 Å². The summed E-state index contributed by atoms with van der Waals surface area (Å²) < 4.78 is 0. The molecule has 1 aliphatic heterocycles. The number of phenols is 2. The fourth-order valence-corrected chi connectivity index (χ4v) is 3.93. The second kappa shape index (κ2) is 9.21. The van der Waals surface area contributed by atoms with Gasteiger partial charge >= 0.3 is 6.03 Å². The van der Waals surface area contributed by atoms with Crippen molar-refractivity contribution in [2.45, 2.75) is 58.9 Å². The van der Waals surface area contributed by atoms with Crippen LogP contribution in [0.2, 0.25) is 0 Å². The summed E-state index contributed by atoms with van der Waals surface area (Å²) in [4.78, 5) is 14.2. The predicted octanol–water partition coefficient (Wildman–Crippen LogP) is 5.28. The molecule has 1 heterocycles. The third kappa shape index (κ3) is 4.66. The summed E-state index contributed by atoms with van der Waals surface area (Å²) in [6, 6.07) is 9.01. The molecule has 3 rings (SSSR count). The Kier molecular flexibility index (Phi) is 6.68. The fourth-order valence-electron chi connectivity index (χ4n) is 3.93. The van der Waals surface area contributed by atoms with E-state index in [1.165, 1.54) is 0 Å². The molecule has 5 heteroatoms. The number of unbranched alkanes of at least 4 members (excludes halogenated alkanes) is 2. The van der Waals surface area contributed by atoms with Gasteiger partial charge in [-0.05, 0) is 50.3 Å². The van der Waals surface area contributed by atoms with Crippen LogP contribution in [0.5, 0.6) is 11.5 Å². The van der Waals surface area contributed by atoms with Crippen LogP contribution in [0.3, 0.4) is 0 Å². The number of amides is 2. The maximum Gasteiger partial charge on any atom is 0.317 e. The Bertz CT molecular complexity index is 875. The Morgan fingerprint density at radius 3 is 2.59 bits per heavy atom. The number of carbonyl (C=O) groups is 1. The first-order valence-electron chi connectivity index (χ1n) is 10.6. The number of hydrogen-bond acceptors (Lipinski definition) is 3. The molecule has 1 saturated heterocycles. The highest BCUT2D eigenvalue weighted by molar-refractivity contribution is 5.80. The number of urea groups is 1. The molecule has 1 fully saturated rings. The normalized spacial score (nSPS) is 14.4. The van der Waals surface area contributed by atoms with Gasteiger partial charge in [-0.25, -0.2) is 4.79 Å². The Hall–Kier alpha value is -2.69. The van der Waals surface area contributed by atoms with Gasteiger partial charge < -0.3 is 20.4 Å². The summed E-state index contributed by atoms with van der Waals surface area (Å²) in [5.41, 5.74) is 3.83. The van der Waals surface area contributed by atoms with Crippen molar-refractivity contribution in [1.29, 1.82) is 0 Å². The molecule has 5 nitrogen and oxygen atoms in total. The lowest BCUT2D eigenvalue weighted by Gasteiger charge is -2.32. The van der Waals surface area contributed by atoms with Gasteiger partial charge in [0, 0.05) is 18.7 Å². The average Bonchev–Trinajstić information content (AvgIpc) is 2.60. The zero-order valence-corrected chi connectivity index (χ0v) is 17.7. The standard InChI is InChI=1S/C24H32N2O3/c1-4-5-6-10-19-15-20(27)22(18-11-7-9-16(2)14-18)23(28)21(19)17(3)25-24(29)26-12-8-13-26/h7,9,11,14-15,17,27-28H,4-6,8,10,12-13H2,1-3H3,(H,25,29). The molecule has 0 aliphatic carbocycles. The number of likely N-dealkylation sites (tertiary alicyclic amines) is 1. The third-order valence-electron chi connectivity index (χ3n) is 5.68. The van der Waals surface area contributed by atoms with Crippen molar-refractivity contribution in [3.8, 4) is 22.6 Å². The summed E-state index contributed by atoms with van der Waals surface area (Å²) in [5, 5.41) is 25.0. The van der Waals surface area contributed by atoms with Crippen molar-refractivity contribution in [2.75, 3.05) is 13.1 Å². The molecular formula is C24H32N2O3. The van der Waals surface area contributed by atoms with Crippen LogP contribution in [0, 0.1) is 6.92 Å². The molecule has 1 aliphatic rings. The minimum absolute atomic E-state index is 0.0542. The smallest absolute Gasteiger partial charge is 0.317 e. The van der Waals surface area contributed by atoms with Crippen molar-refractivity contribution in [1.82, 2.24) is 10.2 Å². The zero-order valence-electron chi connectivity index (χ0n) is 17.7. The van der Waals surface area contributed by atoms with Gasteiger partial charge in [-0.2, -0.15) is 0 Å². The number of phenolic OH excluding ortho intramolecular Hbond substituents is 2. The minimum atomic E-state index is -0.358. The van der Waals surface area contributed by atoms with Crippen LogP contribution in [0.4, 0.5) is 4.79 Å². The molecule has 156 valence electrons. The monoisotopic (exact) mass is 396 g/mol. The van der Waals surface area contributed by atoms with Gasteiger partial charge in [0.1, 0.15) is 11.5 Å². The highest BCUT2D eigenvalue weighted by Crippen LogP contribution is 2.44. The lowest BCUT2D eigenvalue weighted by Crippen LogP contribution is -2.48. The fraction of sp³-hybridized carbons (Fsp3) is 0.458. The van der Waals surface area contributed by atoms with Crippen molar-refractivity contribution in [2.24, 2.45) is 0 Å². The lowest BCUT2D eigenvalue weighted by atomic mass is 9.90. The molecule has 29 heavy (non-hydrogen) atoms. The molecular weight excluding hydrogens is 364 g/mol. The largest absolute Gasteiger partial charge is 0.507 e. The molecule has 2 amide bonds. The Labute approximate surface area is 173 Å². The molecule has 0 bridgehead atoms. The Balaban J connectivity index is 2.01. The number of rotatable bonds is 7. The van der Waals surface area contributed by atoms with Crippen molar-refractivity contribution >= 4 is 6.03 Å². The van der Waals surface area contributed by atoms with Crippen LogP contribution < -0.4 is 5.32 Å². The topological polar surface area (TPSA) is 72.8 Å². The van der Waals surface area contributed by atoms with E-state index in [4.69, 9.17) is 0 Å². The summed E-state index contributed by atoms with van der Waals surface area (Å²) >= 11 is 0. The van der Waals surface area contributed by atoms with Gasteiger partial charge in [0.15, 0.2) is 0 Å². The van der Waals surface area contributed by atoms with E-state index in [0.717, 1.165) is 61.9 Å². The zero-order chi connectivity index (χ0) is 21.0. The second-order valence-corrected chi connectivity index (χ2v) is 8.03. The van der Waals surface area contributed by atoms with E-state index in [1.54, 1.807) is 11.0 Å². The van der Waals surface area contributed by atoms with E-state index >= 15 is 0 Å². The highest BCUT2D eigenvalue weighted by atomic mass is 16.3. The summed E-state index contributed by atoms with van der Waals surface area (Å²) in [6.07, 6.45) is 4.93. The number of nitrogens with one attached hydrogen (secondary N) is 1. The van der Waals surface area contributed by atoms with E-state index in [1.807, 2.05) is 38.1 Å². The van der Waals surface area contributed by atoms with E-state index in [2.05, 4.69) is 12.2 Å². The SMILES string of the molecule is CCCCCc1cc(O)c(-c2cccc(C)c2)c(O)c1C(C)NC(=O)N1CCC1. The first kappa shape index (κ1) is 21.0. The number of aromatic hydroxyl groups is 2. The maximum atomic E-state index is 12.4. The van der Waals surface area contributed by atoms with E-state index < -0.39 is 0 Å². The molecule has 0 radical (unpaired) electrons.